The second-order valence-corrected chi connectivity index (χ2v) is 7.54. The van der Waals surface area contributed by atoms with E-state index in [2.05, 4.69) is 31.4 Å². The van der Waals surface area contributed by atoms with Gasteiger partial charge in [-0.15, -0.1) is 0 Å². The lowest BCUT2D eigenvalue weighted by atomic mass is 10.2. The standard InChI is InChI=1S/C24H34N2O3/c1-4-5-6-9-16-28-21-14-12-20(13-15-21)26-24(27)17-25-22-10-7-8-11-23(22)29-18-19(2)3/h7-8,10-15,19,25H,4-6,9,16-18H2,1-3H3,(H,26,27). The predicted octanol–water partition coefficient (Wildman–Crippen LogP) is 5.73. The van der Waals surface area contributed by atoms with Crippen LogP contribution in [0.15, 0.2) is 48.5 Å². The summed E-state index contributed by atoms with van der Waals surface area (Å²) in [4.78, 5) is 12.3. The number of unbranched alkanes of at least 4 members (excludes halogenated alkanes) is 3. The molecule has 2 rings (SSSR count). The second-order valence-electron chi connectivity index (χ2n) is 7.54. The summed E-state index contributed by atoms with van der Waals surface area (Å²) in [6.07, 6.45) is 4.74. The lowest BCUT2D eigenvalue weighted by molar-refractivity contribution is -0.114. The summed E-state index contributed by atoms with van der Waals surface area (Å²) in [5, 5.41) is 6.05. The largest absolute Gasteiger partial charge is 0.494 e. The summed E-state index contributed by atoms with van der Waals surface area (Å²) in [5.41, 5.74) is 1.56. The minimum Gasteiger partial charge on any atom is -0.494 e. The van der Waals surface area contributed by atoms with Gasteiger partial charge < -0.3 is 20.1 Å². The summed E-state index contributed by atoms with van der Waals surface area (Å²) < 4.78 is 11.5. The van der Waals surface area contributed by atoms with E-state index >= 15 is 0 Å². The Hall–Kier alpha value is -2.69. The lowest BCUT2D eigenvalue weighted by Gasteiger charge is -2.14. The molecule has 5 heteroatoms. The molecule has 0 aliphatic heterocycles. The monoisotopic (exact) mass is 398 g/mol. The van der Waals surface area contributed by atoms with E-state index in [1.807, 2.05) is 48.5 Å². The van der Waals surface area contributed by atoms with Crippen molar-refractivity contribution in [2.45, 2.75) is 46.5 Å². The number of rotatable bonds is 13. The summed E-state index contributed by atoms with van der Waals surface area (Å²) in [7, 11) is 0. The normalized spacial score (nSPS) is 10.6. The smallest absolute Gasteiger partial charge is 0.243 e. The van der Waals surface area contributed by atoms with Crippen LogP contribution in [-0.4, -0.2) is 25.7 Å². The van der Waals surface area contributed by atoms with Crippen LogP contribution in [-0.2, 0) is 4.79 Å². The Labute approximate surface area is 174 Å². The summed E-state index contributed by atoms with van der Waals surface area (Å²) in [5.74, 6) is 1.91. The Bertz CT molecular complexity index is 729. The molecule has 0 aromatic heterocycles. The van der Waals surface area contributed by atoms with E-state index in [0.29, 0.717) is 12.5 Å². The molecule has 0 aliphatic carbocycles. The predicted molar refractivity (Wildman–Crippen MR) is 120 cm³/mol. The summed E-state index contributed by atoms with van der Waals surface area (Å²) >= 11 is 0. The van der Waals surface area contributed by atoms with Crippen molar-refractivity contribution in [2.24, 2.45) is 5.92 Å². The molecular formula is C24H34N2O3. The molecule has 2 aromatic carbocycles. The Kier molecular flexibility index (Phi) is 9.90. The van der Waals surface area contributed by atoms with Crippen LogP contribution >= 0.6 is 0 Å². The minimum absolute atomic E-state index is 0.114. The van der Waals surface area contributed by atoms with Gasteiger partial charge in [0.1, 0.15) is 11.5 Å². The Balaban J connectivity index is 1.77. The molecule has 0 aliphatic rings. The number of hydrogen-bond acceptors (Lipinski definition) is 4. The quantitative estimate of drug-likeness (QED) is 0.423. The molecule has 0 unspecified atom stereocenters. The maximum Gasteiger partial charge on any atom is 0.243 e. The molecule has 0 fully saturated rings. The van der Waals surface area contributed by atoms with Gasteiger partial charge in [0.2, 0.25) is 5.91 Å². The van der Waals surface area contributed by atoms with Crippen molar-refractivity contribution in [3.63, 3.8) is 0 Å². The zero-order valence-corrected chi connectivity index (χ0v) is 17.9. The Morgan fingerprint density at radius 3 is 2.45 bits per heavy atom. The van der Waals surface area contributed by atoms with Crippen LogP contribution in [0.5, 0.6) is 11.5 Å². The highest BCUT2D eigenvalue weighted by Crippen LogP contribution is 2.24. The highest BCUT2D eigenvalue weighted by Gasteiger charge is 2.07. The van der Waals surface area contributed by atoms with Gasteiger partial charge in [-0.1, -0.05) is 52.2 Å². The average molecular weight is 399 g/mol. The van der Waals surface area contributed by atoms with Crippen LogP contribution in [0, 0.1) is 5.92 Å². The number of hydrogen-bond donors (Lipinski definition) is 2. The zero-order valence-electron chi connectivity index (χ0n) is 17.9. The van der Waals surface area contributed by atoms with E-state index in [4.69, 9.17) is 9.47 Å². The van der Waals surface area contributed by atoms with Gasteiger partial charge in [0.15, 0.2) is 0 Å². The molecule has 5 nitrogen and oxygen atoms in total. The molecule has 0 atom stereocenters. The van der Waals surface area contributed by atoms with Crippen molar-refractivity contribution in [1.82, 2.24) is 0 Å². The third-order valence-electron chi connectivity index (χ3n) is 4.30. The van der Waals surface area contributed by atoms with Gasteiger partial charge in [-0.05, 0) is 48.7 Å². The average Bonchev–Trinajstić information content (AvgIpc) is 2.72. The molecule has 29 heavy (non-hydrogen) atoms. The molecule has 2 N–H and O–H groups in total. The van der Waals surface area contributed by atoms with E-state index in [1.54, 1.807) is 0 Å². The van der Waals surface area contributed by atoms with Gasteiger partial charge in [0.05, 0.1) is 25.4 Å². The van der Waals surface area contributed by atoms with Gasteiger partial charge in [0, 0.05) is 5.69 Å². The van der Waals surface area contributed by atoms with Gasteiger partial charge >= 0.3 is 0 Å². The van der Waals surface area contributed by atoms with Crippen LogP contribution in [0.25, 0.3) is 0 Å². The number of ether oxygens (including phenoxy) is 2. The highest BCUT2D eigenvalue weighted by atomic mass is 16.5. The van der Waals surface area contributed by atoms with Crippen molar-refractivity contribution in [3.8, 4) is 11.5 Å². The van der Waals surface area contributed by atoms with E-state index < -0.39 is 0 Å². The van der Waals surface area contributed by atoms with E-state index in [1.165, 1.54) is 19.3 Å². The van der Waals surface area contributed by atoms with Gasteiger partial charge in [-0.3, -0.25) is 4.79 Å². The molecular weight excluding hydrogens is 364 g/mol. The zero-order chi connectivity index (χ0) is 20.9. The molecule has 0 heterocycles. The third kappa shape index (κ3) is 8.90. The first kappa shape index (κ1) is 22.6. The number of anilines is 2. The number of benzene rings is 2. The first-order valence-corrected chi connectivity index (χ1v) is 10.6. The van der Waals surface area contributed by atoms with Crippen molar-refractivity contribution in [2.75, 3.05) is 30.4 Å². The fourth-order valence-corrected chi connectivity index (χ4v) is 2.73. The topological polar surface area (TPSA) is 59.6 Å². The first-order valence-electron chi connectivity index (χ1n) is 10.6. The van der Waals surface area contributed by atoms with E-state index in [-0.39, 0.29) is 12.5 Å². The summed E-state index contributed by atoms with van der Waals surface area (Å²) in [6.45, 7) is 7.94. The van der Waals surface area contributed by atoms with Crippen molar-refractivity contribution in [1.29, 1.82) is 0 Å². The first-order chi connectivity index (χ1) is 14.1. The molecule has 1 amide bonds. The molecule has 158 valence electrons. The minimum atomic E-state index is -0.114. The SMILES string of the molecule is CCCCCCOc1ccc(NC(=O)CNc2ccccc2OCC(C)C)cc1. The number of carbonyl (C=O) groups excluding carboxylic acids is 1. The van der Waals surface area contributed by atoms with Crippen LogP contribution in [0.4, 0.5) is 11.4 Å². The maximum atomic E-state index is 12.3. The lowest BCUT2D eigenvalue weighted by Crippen LogP contribution is -2.22. The number of amides is 1. The number of nitrogens with one attached hydrogen (secondary N) is 2. The molecule has 0 saturated heterocycles. The third-order valence-corrected chi connectivity index (χ3v) is 4.30. The van der Waals surface area contributed by atoms with Crippen LogP contribution in [0.3, 0.4) is 0 Å². The Morgan fingerprint density at radius 1 is 0.966 bits per heavy atom. The molecule has 0 spiro atoms. The van der Waals surface area contributed by atoms with Crippen LogP contribution < -0.4 is 20.1 Å². The van der Waals surface area contributed by atoms with Crippen molar-refractivity contribution < 1.29 is 14.3 Å². The Morgan fingerprint density at radius 2 is 1.72 bits per heavy atom. The van der Waals surface area contributed by atoms with Crippen LogP contribution in [0.1, 0.15) is 46.5 Å². The van der Waals surface area contributed by atoms with Gasteiger partial charge in [-0.25, -0.2) is 0 Å². The van der Waals surface area contributed by atoms with E-state index in [9.17, 15) is 4.79 Å². The molecule has 0 saturated carbocycles. The van der Waals surface area contributed by atoms with Crippen molar-refractivity contribution in [3.05, 3.63) is 48.5 Å². The van der Waals surface area contributed by atoms with Crippen LogP contribution in [0.2, 0.25) is 0 Å². The van der Waals surface area contributed by atoms with Gasteiger partial charge in [0.25, 0.3) is 0 Å². The highest BCUT2D eigenvalue weighted by molar-refractivity contribution is 5.94. The van der Waals surface area contributed by atoms with Crippen molar-refractivity contribution >= 4 is 17.3 Å². The van der Waals surface area contributed by atoms with Gasteiger partial charge in [-0.2, -0.15) is 0 Å². The number of carbonyl (C=O) groups is 1. The fourth-order valence-electron chi connectivity index (χ4n) is 2.73. The number of para-hydroxylation sites is 2. The fraction of sp³-hybridized carbons (Fsp3) is 0.458. The molecule has 0 radical (unpaired) electrons. The maximum absolute atomic E-state index is 12.3. The molecule has 2 aromatic rings. The summed E-state index contributed by atoms with van der Waals surface area (Å²) in [6, 6.07) is 15.2. The van der Waals surface area contributed by atoms with E-state index in [0.717, 1.165) is 35.9 Å². The molecule has 0 bridgehead atoms. The second kappa shape index (κ2) is 12.7.